The summed E-state index contributed by atoms with van der Waals surface area (Å²) in [6.07, 6.45) is 0. The van der Waals surface area contributed by atoms with Gasteiger partial charge < -0.3 is 5.32 Å². The molecule has 0 atom stereocenters. The number of nitrogens with zero attached hydrogens (tertiary/aromatic N) is 4. The van der Waals surface area contributed by atoms with E-state index in [1.165, 1.54) is 21.8 Å². The maximum absolute atomic E-state index is 4.84. The zero-order valence-corrected chi connectivity index (χ0v) is 16.4. The van der Waals surface area contributed by atoms with Gasteiger partial charge >= 0.3 is 0 Å². The topological polar surface area (TPSA) is 63.6 Å². The van der Waals surface area contributed by atoms with Crippen LogP contribution in [0.1, 0.15) is 10.4 Å². The van der Waals surface area contributed by atoms with Crippen LogP contribution in [0.25, 0.3) is 20.9 Å². The number of rotatable bonds is 4. The van der Waals surface area contributed by atoms with Crippen LogP contribution in [-0.4, -0.2) is 27.2 Å². The van der Waals surface area contributed by atoms with Crippen LogP contribution in [0.2, 0.25) is 0 Å². The van der Waals surface area contributed by atoms with Gasteiger partial charge in [0, 0.05) is 17.3 Å². The minimum atomic E-state index is 0.777. The van der Waals surface area contributed by atoms with Gasteiger partial charge in [-0.1, -0.05) is 17.4 Å². The minimum Gasteiger partial charge on any atom is -0.363 e. The first-order chi connectivity index (χ1) is 11.7. The second-order valence-electron chi connectivity index (χ2n) is 5.02. The van der Waals surface area contributed by atoms with Crippen LogP contribution in [-0.2, 0) is 0 Å². The molecule has 4 aromatic rings. The van der Waals surface area contributed by atoms with Crippen LogP contribution in [0.4, 0.5) is 5.13 Å². The Hall–Kier alpha value is -1.55. The third-order valence-corrected chi connectivity index (χ3v) is 7.49. The summed E-state index contributed by atoms with van der Waals surface area (Å²) in [6.45, 7) is 4.26. The number of thiophene rings is 2. The van der Waals surface area contributed by atoms with Crippen molar-refractivity contribution in [3.63, 3.8) is 0 Å². The Balaban J connectivity index is 1.87. The first-order valence-electron chi connectivity index (χ1n) is 7.16. The van der Waals surface area contributed by atoms with Crippen LogP contribution >= 0.6 is 45.8 Å². The van der Waals surface area contributed by atoms with Crippen molar-refractivity contribution in [2.75, 3.05) is 12.4 Å². The molecule has 24 heavy (non-hydrogen) atoms. The lowest BCUT2D eigenvalue weighted by atomic mass is 10.2. The molecule has 0 amide bonds. The lowest BCUT2D eigenvalue weighted by molar-refractivity contribution is 1.01. The van der Waals surface area contributed by atoms with E-state index in [-0.39, 0.29) is 0 Å². The van der Waals surface area contributed by atoms with Gasteiger partial charge in [0.05, 0.1) is 4.88 Å². The summed E-state index contributed by atoms with van der Waals surface area (Å²) in [4.78, 5) is 13.0. The highest BCUT2D eigenvalue weighted by Gasteiger charge is 2.18. The molecule has 0 unspecified atom stereocenters. The number of aromatic nitrogens is 4. The predicted molar refractivity (Wildman–Crippen MR) is 104 cm³/mol. The van der Waals surface area contributed by atoms with Crippen molar-refractivity contribution < 1.29 is 0 Å². The maximum atomic E-state index is 4.84. The summed E-state index contributed by atoms with van der Waals surface area (Å²) in [5.41, 5.74) is 1.24. The predicted octanol–water partition coefficient (Wildman–Crippen LogP) is 5.08. The molecule has 0 saturated heterocycles. The molecule has 4 heterocycles. The van der Waals surface area contributed by atoms with Gasteiger partial charge in [0.15, 0.2) is 10.2 Å². The van der Waals surface area contributed by atoms with Gasteiger partial charge in [-0.3, -0.25) is 0 Å². The van der Waals surface area contributed by atoms with Gasteiger partial charge in [0.1, 0.15) is 9.86 Å². The Morgan fingerprint density at radius 3 is 2.71 bits per heavy atom. The second-order valence-corrected chi connectivity index (χ2v) is 9.38. The van der Waals surface area contributed by atoms with Crippen molar-refractivity contribution >= 4 is 61.1 Å². The molecule has 0 aromatic carbocycles. The maximum Gasteiger partial charge on any atom is 0.206 e. The number of aryl methyl sites for hydroxylation is 2. The van der Waals surface area contributed by atoms with Gasteiger partial charge in [-0.05, 0) is 42.6 Å². The van der Waals surface area contributed by atoms with Crippen molar-refractivity contribution in [2.24, 2.45) is 0 Å². The Bertz CT molecular complexity index is 1000. The summed E-state index contributed by atoms with van der Waals surface area (Å²) in [7, 11) is 1.85. The second kappa shape index (κ2) is 6.40. The van der Waals surface area contributed by atoms with E-state index in [4.69, 9.17) is 9.97 Å². The van der Waals surface area contributed by atoms with Crippen molar-refractivity contribution in [1.29, 1.82) is 0 Å². The average molecular weight is 392 g/mol. The highest BCUT2D eigenvalue weighted by atomic mass is 32.2. The van der Waals surface area contributed by atoms with E-state index in [0.29, 0.717) is 0 Å². The van der Waals surface area contributed by atoms with E-state index in [0.717, 1.165) is 35.4 Å². The van der Waals surface area contributed by atoms with Crippen molar-refractivity contribution in [1.82, 2.24) is 20.2 Å². The molecule has 0 aliphatic rings. The largest absolute Gasteiger partial charge is 0.363 e. The zero-order chi connectivity index (χ0) is 16.7. The van der Waals surface area contributed by atoms with Gasteiger partial charge in [0.2, 0.25) is 5.13 Å². The van der Waals surface area contributed by atoms with Gasteiger partial charge in [0.25, 0.3) is 0 Å². The number of anilines is 1. The summed E-state index contributed by atoms with van der Waals surface area (Å²) in [6, 6.07) is 4.08. The van der Waals surface area contributed by atoms with Crippen molar-refractivity contribution in [2.45, 2.75) is 23.2 Å². The molecule has 0 saturated carbocycles. The molecule has 9 heteroatoms. The molecule has 0 spiro atoms. The molecule has 0 fully saturated rings. The molecule has 0 aliphatic carbocycles. The highest BCUT2D eigenvalue weighted by Crippen LogP contribution is 2.40. The monoisotopic (exact) mass is 391 g/mol. The van der Waals surface area contributed by atoms with E-state index >= 15 is 0 Å². The first kappa shape index (κ1) is 15.9. The Morgan fingerprint density at radius 2 is 2.00 bits per heavy atom. The van der Waals surface area contributed by atoms with Crippen molar-refractivity contribution in [3.8, 4) is 10.7 Å². The Labute approximate surface area is 155 Å². The van der Waals surface area contributed by atoms with Crippen LogP contribution in [0.3, 0.4) is 0 Å². The van der Waals surface area contributed by atoms with Gasteiger partial charge in [-0.15, -0.1) is 32.9 Å². The number of fused-ring (bicyclic) bond motifs is 1. The molecule has 4 rings (SSSR count). The van der Waals surface area contributed by atoms with Crippen LogP contribution in [0, 0.1) is 13.8 Å². The van der Waals surface area contributed by atoms with Crippen LogP contribution in [0.5, 0.6) is 0 Å². The third kappa shape index (κ3) is 2.81. The van der Waals surface area contributed by atoms with E-state index in [1.54, 1.807) is 34.4 Å². The fourth-order valence-electron chi connectivity index (χ4n) is 2.24. The summed E-state index contributed by atoms with van der Waals surface area (Å²) < 4.78 is 0.875. The normalized spacial score (nSPS) is 11.3. The fourth-order valence-corrected chi connectivity index (χ4v) is 5.79. The summed E-state index contributed by atoms with van der Waals surface area (Å²) in [5.74, 6) is 0.777. The molecule has 0 aliphatic heterocycles. The number of nitrogens with one attached hydrogen (secondary N) is 1. The summed E-state index contributed by atoms with van der Waals surface area (Å²) in [5, 5.41) is 16.3. The molecule has 0 bridgehead atoms. The molecule has 1 N–H and O–H groups in total. The highest BCUT2D eigenvalue weighted by molar-refractivity contribution is 8.01. The third-order valence-electron chi connectivity index (χ3n) is 3.54. The van der Waals surface area contributed by atoms with E-state index in [9.17, 15) is 0 Å². The standard InChI is InChI=1S/C15H13N5S4/c1-7-8(2)22-12-10(7)13(23-15-20-19-14(16-3)24-15)18-11(17-12)9-5-4-6-21-9/h4-6H,1-3H3,(H,16,19). The quantitative estimate of drug-likeness (QED) is 0.489. The first-order valence-corrected chi connectivity index (χ1v) is 10.5. The molecular formula is C15H13N5S4. The summed E-state index contributed by atoms with van der Waals surface area (Å²) >= 11 is 6.46. The number of hydrogen-bond donors (Lipinski definition) is 1. The average Bonchev–Trinajstić information content (AvgIpc) is 3.29. The van der Waals surface area contributed by atoms with E-state index in [2.05, 4.69) is 35.4 Å². The molecular weight excluding hydrogens is 378 g/mol. The molecule has 5 nitrogen and oxygen atoms in total. The lowest BCUT2D eigenvalue weighted by Crippen LogP contribution is -1.91. The van der Waals surface area contributed by atoms with Gasteiger partial charge in [-0.25, -0.2) is 9.97 Å². The Morgan fingerprint density at radius 1 is 1.12 bits per heavy atom. The molecule has 122 valence electrons. The van der Waals surface area contributed by atoms with Crippen LogP contribution < -0.4 is 5.32 Å². The molecule has 0 radical (unpaired) electrons. The van der Waals surface area contributed by atoms with Gasteiger partial charge in [-0.2, -0.15) is 0 Å². The number of hydrogen-bond acceptors (Lipinski definition) is 9. The van der Waals surface area contributed by atoms with E-state index in [1.807, 2.05) is 18.5 Å². The smallest absolute Gasteiger partial charge is 0.206 e. The minimum absolute atomic E-state index is 0.777. The fraction of sp³-hybridized carbons (Fsp3) is 0.200. The molecule has 4 aromatic heterocycles. The van der Waals surface area contributed by atoms with E-state index < -0.39 is 0 Å². The lowest BCUT2D eigenvalue weighted by Gasteiger charge is -2.04. The van der Waals surface area contributed by atoms with Crippen molar-refractivity contribution in [3.05, 3.63) is 28.0 Å². The Kier molecular flexibility index (Phi) is 4.25. The zero-order valence-electron chi connectivity index (χ0n) is 13.2. The van der Waals surface area contributed by atoms with Crippen LogP contribution in [0.15, 0.2) is 26.9 Å². The SMILES string of the molecule is CNc1nnc(Sc2nc(-c3cccs3)nc3sc(C)c(C)c23)s1.